The number of rotatable bonds is 3. The SMILES string of the molecule is CC1=CCC(C(C)(c2ccccc2)c2ccccc2)=C1. The summed E-state index contributed by atoms with van der Waals surface area (Å²) in [6, 6.07) is 21.6. The van der Waals surface area contributed by atoms with Crippen molar-refractivity contribution in [3.63, 3.8) is 0 Å². The Bertz CT molecular complexity index is 605. The van der Waals surface area contributed by atoms with Crippen LogP contribution in [0.25, 0.3) is 0 Å². The van der Waals surface area contributed by atoms with Crippen LogP contribution >= 0.6 is 0 Å². The van der Waals surface area contributed by atoms with E-state index in [1.165, 1.54) is 22.3 Å². The fraction of sp³-hybridized carbons (Fsp3) is 0.200. The average molecular weight is 260 g/mol. The first-order valence-corrected chi connectivity index (χ1v) is 7.20. The van der Waals surface area contributed by atoms with E-state index in [-0.39, 0.29) is 5.41 Å². The van der Waals surface area contributed by atoms with Crippen molar-refractivity contribution in [2.75, 3.05) is 0 Å². The molecule has 0 atom stereocenters. The molecule has 0 bridgehead atoms. The Morgan fingerprint density at radius 2 is 1.30 bits per heavy atom. The summed E-state index contributed by atoms with van der Waals surface area (Å²) >= 11 is 0. The van der Waals surface area contributed by atoms with Crippen molar-refractivity contribution in [1.29, 1.82) is 0 Å². The molecule has 3 rings (SSSR count). The molecule has 0 saturated heterocycles. The highest BCUT2D eigenvalue weighted by molar-refractivity contribution is 5.51. The van der Waals surface area contributed by atoms with Crippen molar-refractivity contribution < 1.29 is 0 Å². The summed E-state index contributed by atoms with van der Waals surface area (Å²) in [4.78, 5) is 0. The molecular weight excluding hydrogens is 240 g/mol. The number of benzene rings is 2. The van der Waals surface area contributed by atoms with Crippen LogP contribution in [0.2, 0.25) is 0 Å². The zero-order chi connectivity index (χ0) is 14.0. The monoisotopic (exact) mass is 260 g/mol. The molecule has 20 heavy (non-hydrogen) atoms. The lowest BCUT2D eigenvalue weighted by Crippen LogP contribution is -2.25. The molecule has 0 spiro atoms. The lowest BCUT2D eigenvalue weighted by molar-refractivity contribution is 0.662. The van der Waals surface area contributed by atoms with Gasteiger partial charge in [0, 0.05) is 5.41 Å². The van der Waals surface area contributed by atoms with E-state index in [9.17, 15) is 0 Å². The lowest BCUT2D eigenvalue weighted by atomic mass is 9.70. The summed E-state index contributed by atoms with van der Waals surface area (Å²) in [6.45, 7) is 4.53. The Morgan fingerprint density at radius 1 is 0.800 bits per heavy atom. The fourth-order valence-electron chi connectivity index (χ4n) is 3.09. The van der Waals surface area contributed by atoms with Crippen molar-refractivity contribution in [3.8, 4) is 0 Å². The van der Waals surface area contributed by atoms with Gasteiger partial charge >= 0.3 is 0 Å². The van der Waals surface area contributed by atoms with Gasteiger partial charge in [-0.2, -0.15) is 0 Å². The molecule has 0 saturated carbocycles. The van der Waals surface area contributed by atoms with Gasteiger partial charge in [-0.25, -0.2) is 0 Å². The molecule has 0 radical (unpaired) electrons. The predicted molar refractivity (Wildman–Crippen MR) is 85.8 cm³/mol. The highest BCUT2D eigenvalue weighted by Gasteiger charge is 2.33. The van der Waals surface area contributed by atoms with Crippen LogP contribution in [0.15, 0.2) is 84.0 Å². The highest BCUT2D eigenvalue weighted by Crippen LogP contribution is 2.42. The largest absolute Gasteiger partial charge is 0.0775 e. The predicted octanol–water partition coefficient (Wildman–Crippen LogP) is 5.27. The van der Waals surface area contributed by atoms with Gasteiger partial charge in [0.05, 0.1) is 0 Å². The van der Waals surface area contributed by atoms with E-state index in [4.69, 9.17) is 0 Å². The van der Waals surface area contributed by atoms with Gasteiger partial charge in [0.2, 0.25) is 0 Å². The Balaban J connectivity index is 2.17. The third-order valence-electron chi connectivity index (χ3n) is 4.39. The topological polar surface area (TPSA) is 0 Å². The molecule has 0 fully saturated rings. The fourth-order valence-corrected chi connectivity index (χ4v) is 3.09. The Hall–Kier alpha value is -2.08. The molecule has 0 N–H and O–H groups in total. The second kappa shape index (κ2) is 5.13. The summed E-state index contributed by atoms with van der Waals surface area (Å²) in [7, 11) is 0. The number of hydrogen-bond donors (Lipinski definition) is 0. The third-order valence-corrected chi connectivity index (χ3v) is 4.39. The van der Waals surface area contributed by atoms with Crippen LogP contribution in [0.4, 0.5) is 0 Å². The van der Waals surface area contributed by atoms with Crippen LogP contribution < -0.4 is 0 Å². The average Bonchev–Trinajstić information content (AvgIpc) is 2.95. The second-order valence-corrected chi connectivity index (χ2v) is 5.68. The van der Waals surface area contributed by atoms with Crippen LogP contribution in [0.3, 0.4) is 0 Å². The first kappa shape index (κ1) is 12.9. The molecule has 0 amide bonds. The molecule has 0 nitrogen and oxygen atoms in total. The summed E-state index contributed by atoms with van der Waals surface area (Å²) in [5, 5.41) is 0. The molecule has 1 aliphatic carbocycles. The van der Waals surface area contributed by atoms with Crippen molar-refractivity contribution in [3.05, 3.63) is 95.1 Å². The molecule has 2 aromatic rings. The second-order valence-electron chi connectivity index (χ2n) is 5.68. The van der Waals surface area contributed by atoms with E-state index >= 15 is 0 Å². The van der Waals surface area contributed by atoms with Gasteiger partial charge < -0.3 is 0 Å². The Morgan fingerprint density at radius 3 is 1.70 bits per heavy atom. The summed E-state index contributed by atoms with van der Waals surface area (Å²) in [5.41, 5.74) is 5.53. The van der Waals surface area contributed by atoms with Crippen molar-refractivity contribution in [1.82, 2.24) is 0 Å². The lowest BCUT2D eigenvalue weighted by Gasteiger charge is -2.33. The Labute approximate surface area is 121 Å². The molecule has 0 aromatic heterocycles. The number of hydrogen-bond acceptors (Lipinski definition) is 0. The quantitative estimate of drug-likeness (QED) is 0.705. The van der Waals surface area contributed by atoms with Crippen LogP contribution in [0, 0.1) is 0 Å². The molecule has 0 unspecified atom stereocenters. The van der Waals surface area contributed by atoms with Gasteiger partial charge in [0.25, 0.3) is 0 Å². The molecular formula is C20H20. The first-order chi connectivity index (χ1) is 9.71. The third kappa shape index (κ3) is 2.12. The molecule has 0 heteroatoms. The van der Waals surface area contributed by atoms with E-state index in [0.717, 1.165) is 6.42 Å². The van der Waals surface area contributed by atoms with Crippen molar-refractivity contribution in [2.45, 2.75) is 25.7 Å². The van der Waals surface area contributed by atoms with E-state index in [0.29, 0.717) is 0 Å². The van der Waals surface area contributed by atoms with Crippen LogP contribution in [-0.4, -0.2) is 0 Å². The van der Waals surface area contributed by atoms with Crippen LogP contribution in [0.5, 0.6) is 0 Å². The smallest absolute Gasteiger partial charge is 0.0389 e. The van der Waals surface area contributed by atoms with Crippen LogP contribution in [-0.2, 0) is 5.41 Å². The maximum absolute atomic E-state index is 2.35. The van der Waals surface area contributed by atoms with E-state index in [2.05, 4.69) is 86.7 Å². The van der Waals surface area contributed by atoms with Crippen molar-refractivity contribution in [2.24, 2.45) is 0 Å². The van der Waals surface area contributed by atoms with E-state index in [1.807, 2.05) is 0 Å². The van der Waals surface area contributed by atoms with Gasteiger partial charge in [-0.05, 0) is 31.4 Å². The zero-order valence-corrected chi connectivity index (χ0v) is 12.1. The molecule has 1 aliphatic rings. The highest BCUT2D eigenvalue weighted by atomic mass is 14.4. The maximum Gasteiger partial charge on any atom is 0.0389 e. The zero-order valence-electron chi connectivity index (χ0n) is 12.1. The van der Waals surface area contributed by atoms with Gasteiger partial charge in [-0.1, -0.05) is 84.0 Å². The summed E-state index contributed by atoms with van der Waals surface area (Å²) < 4.78 is 0. The first-order valence-electron chi connectivity index (χ1n) is 7.20. The molecule has 100 valence electrons. The minimum atomic E-state index is -0.0449. The maximum atomic E-state index is 2.35. The van der Waals surface area contributed by atoms with Gasteiger partial charge in [-0.15, -0.1) is 0 Å². The van der Waals surface area contributed by atoms with E-state index < -0.39 is 0 Å². The minimum absolute atomic E-state index is 0.0449. The van der Waals surface area contributed by atoms with Crippen molar-refractivity contribution >= 4 is 0 Å². The van der Waals surface area contributed by atoms with Crippen LogP contribution in [0.1, 0.15) is 31.4 Å². The normalized spacial score (nSPS) is 14.9. The minimum Gasteiger partial charge on any atom is -0.0775 e. The van der Waals surface area contributed by atoms with Gasteiger partial charge in [0.15, 0.2) is 0 Å². The summed E-state index contributed by atoms with van der Waals surface area (Å²) in [5.74, 6) is 0. The molecule has 0 heterocycles. The molecule has 2 aromatic carbocycles. The standard InChI is InChI=1S/C20H20/c1-16-13-14-19(15-16)20(2,17-9-5-3-6-10-17)18-11-7-4-8-12-18/h3-13,15H,14H2,1-2H3. The summed E-state index contributed by atoms with van der Waals surface area (Å²) in [6.07, 6.45) is 5.71. The van der Waals surface area contributed by atoms with Gasteiger partial charge in [-0.3, -0.25) is 0 Å². The Kier molecular flexibility index (Phi) is 3.31. The number of allylic oxidation sites excluding steroid dienone is 4. The van der Waals surface area contributed by atoms with Gasteiger partial charge in [0.1, 0.15) is 0 Å². The van der Waals surface area contributed by atoms with E-state index in [1.54, 1.807) is 0 Å². The molecule has 0 aliphatic heterocycles.